The van der Waals surface area contributed by atoms with Crippen molar-refractivity contribution in [2.75, 3.05) is 11.9 Å². The van der Waals surface area contributed by atoms with Gasteiger partial charge in [0.1, 0.15) is 5.82 Å². The van der Waals surface area contributed by atoms with Crippen LogP contribution >= 0.6 is 27.3 Å². The molecule has 0 saturated carbocycles. The zero-order chi connectivity index (χ0) is 13.7. The first-order valence-electron chi connectivity index (χ1n) is 5.64. The second-order valence-electron chi connectivity index (χ2n) is 3.84. The molecule has 19 heavy (non-hydrogen) atoms. The van der Waals surface area contributed by atoms with Crippen molar-refractivity contribution in [3.63, 3.8) is 0 Å². The van der Waals surface area contributed by atoms with Gasteiger partial charge in [-0.3, -0.25) is 4.79 Å². The fraction of sp³-hybridized carbons (Fsp3) is 0.154. The summed E-state index contributed by atoms with van der Waals surface area (Å²) in [6.07, 6.45) is 0. The molecule has 1 amide bonds. The van der Waals surface area contributed by atoms with Crippen LogP contribution in [-0.2, 0) is 11.3 Å². The molecule has 0 aliphatic carbocycles. The molecule has 0 aliphatic heterocycles. The molecule has 0 fully saturated rings. The van der Waals surface area contributed by atoms with E-state index in [9.17, 15) is 9.18 Å². The van der Waals surface area contributed by atoms with Crippen molar-refractivity contribution in [1.82, 2.24) is 5.32 Å². The molecule has 0 unspecified atom stereocenters. The predicted molar refractivity (Wildman–Crippen MR) is 78.8 cm³/mol. The van der Waals surface area contributed by atoms with Crippen molar-refractivity contribution in [3.8, 4) is 0 Å². The second-order valence-corrected chi connectivity index (χ2v) is 6.38. The fourth-order valence-electron chi connectivity index (χ4n) is 1.50. The average Bonchev–Trinajstić information content (AvgIpc) is 2.78. The number of hydrogen-bond acceptors (Lipinski definition) is 3. The number of para-hydroxylation sites is 1. The Bertz CT molecular complexity index is 573. The van der Waals surface area contributed by atoms with E-state index in [0.717, 1.165) is 8.66 Å². The zero-order valence-corrected chi connectivity index (χ0v) is 12.4. The first-order valence-corrected chi connectivity index (χ1v) is 7.25. The molecule has 0 saturated heterocycles. The van der Waals surface area contributed by atoms with Gasteiger partial charge in [-0.05, 0) is 40.2 Å². The Morgan fingerprint density at radius 1 is 1.26 bits per heavy atom. The van der Waals surface area contributed by atoms with Crippen LogP contribution in [0.2, 0.25) is 0 Å². The van der Waals surface area contributed by atoms with Crippen LogP contribution in [0.15, 0.2) is 40.2 Å². The van der Waals surface area contributed by atoms with Gasteiger partial charge in [-0.25, -0.2) is 4.39 Å². The molecule has 2 rings (SSSR count). The van der Waals surface area contributed by atoms with Gasteiger partial charge in [0, 0.05) is 11.4 Å². The molecule has 1 aromatic heterocycles. The highest BCUT2D eigenvalue weighted by atomic mass is 79.9. The van der Waals surface area contributed by atoms with Crippen molar-refractivity contribution in [2.24, 2.45) is 0 Å². The summed E-state index contributed by atoms with van der Waals surface area (Å²) in [6.45, 7) is 0.755. The summed E-state index contributed by atoms with van der Waals surface area (Å²) in [7, 11) is 0. The van der Waals surface area contributed by atoms with E-state index in [-0.39, 0.29) is 18.1 Å². The first-order chi connectivity index (χ1) is 9.15. The molecule has 0 spiro atoms. The molecule has 3 nitrogen and oxygen atoms in total. The maximum absolute atomic E-state index is 13.3. The lowest BCUT2D eigenvalue weighted by Crippen LogP contribution is -2.27. The Kier molecular flexibility index (Phi) is 5.07. The van der Waals surface area contributed by atoms with E-state index in [0.29, 0.717) is 6.54 Å². The minimum atomic E-state index is -0.432. The summed E-state index contributed by atoms with van der Waals surface area (Å²) in [5.74, 6) is -0.696. The van der Waals surface area contributed by atoms with E-state index in [4.69, 9.17) is 0 Å². The van der Waals surface area contributed by atoms with Crippen molar-refractivity contribution < 1.29 is 9.18 Å². The molecule has 2 aromatic rings. The maximum Gasteiger partial charge on any atom is 0.238 e. The Morgan fingerprint density at radius 3 is 2.74 bits per heavy atom. The van der Waals surface area contributed by atoms with Crippen molar-refractivity contribution in [1.29, 1.82) is 0 Å². The normalized spacial score (nSPS) is 10.4. The number of carbonyl (C=O) groups excluding carboxylic acids is 1. The average molecular weight is 343 g/mol. The van der Waals surface area contributed by atoms with Gasteiger partial charge in [-0.15, -0.1) is 11.3 Å². The van der Waals surface area contributed by atoms with E-state index < -0.39 is 5.82 Å². The minimum absolute atomic E-state index is 0.143. The van der Waals surface area contributed by atoms with Gasteiger partial charge in [0.2, 0.25) is 5.91 Å². The quantitative estimate of drug-likeness (QED) is 0.874. The van der Waals surface area contributed by atoms with Gasteiger partial charge in [0.15, 0.2) is 0 Å². The van der Waals surface area contributed by atoms with Gasteiger partial charge in [-0.1, -0.05) is 12.1 Å². The van der Waals surface area contributed by atoms with Crippen molar-refractivity contribution >= 4 is 38.9 Å². The van der Waals surface area contributed by atoms with E-state index >= 15 is 0 Å². The van der Waals surface area contributed by atoms with Crippen LogP contribution in [0.4, 0.5) is 10.1 Å². The Morgan fingerprint density at radius 2 is 2.05 bits per heavy atom. The zero-order valence-electron chi connectivity index (χ0n) is 9.95. The van der Waals surface area contributed by atoms with Gasteiger partial charge < -0.3 is 10.6 Å². The number of hydrogen-bond donors (Lipinski definition) is 2. The molecule has 0 radical (unpaired) electrons. The molecule has 0 aliphatic rings. The fourth-order valence-corrected chi connectivity index (χ4v) is 2.96. The number of carbonyl (C=O) groups is 1. The number of benzene rings is 1. The predicted octanol–water partition coefficient (Wildman–Crippen LogP) is 3.38. The SMILES string of the molecule is O=C(CNCc1ccc(Br)s1)Nc1ccccc1F. The standard InChI is InChI=1S/C13H12BrFN2OS/c14-12-6-5-9(19-12)7-16-8-13(18)17-11-4-2-1-3-10(11)15/h1-6,16H,7-8H2,(H,17,18). The first kappa shape index (κ1) is 14.2. The van der Waals surface area contributed by atoms with Gasteiger partial charge >= 0.3 is 0 Å². The Balaban J connectivity index is 1.77. The Labute approximate surface area is 123 Å². The lowest BCUT2D eigenvalue weighted by Gasteiger charge is -2.06. The highest BCUT2D eigenvalue weighted by Crippen LogP contribution is 2.21. The largest absolute Gasteiger partial charge is 0.322 e. The Hall–Kier alpha value is -1.24. The van der Waals surface area contributed by atoms with E-state index in [2.05, 4.69) is 26.6 Å². The third-order valence-electron chi connectivity index (χ3n) is 2.36. The maximum atomic E-state index is 13.3. The monoisotopic (exact) mass is 342 g/mol. The summed E-state index contributed by atoms with van der Waals surface area (Å²) in [5, 5.41) is 5.53. The highest BCUT2D eigenvalue weighted by molar-refractivity contribution is 9.11. The number of halogens is 2. The number of thiophene rings is 1. The molecule has 1 aromatic carbocycles. The number of nitrogens with one attached hydrogen (secondary N) is 2. The lowest BCUT2D eigenvalue weighted by molar-refractivity contribution is -0.115. The summed E-state index contributed by atoms with van der Waals surface area (Å²) in [6, 6.07) is 10.0. The van der Waals surface area contributed by atoms with Crippen LogP contribution in [0.5, 0.6) is 0 Å². The highest BCUT2D eigenvalue weighted by Gasteiger charge is 2.06. The molecule has 100 valence electrons. The topological polar surface area (TPSA) is 41.1 Å². The van der Waals surface area contributed by atoms with E-state index in [1.54, 1.807) is 23.5 Å². The number of anilines is 1. The van der Waals surface area contributed by atoms with Crippen molar-refractivity contribution in [2.45, 2.75) is 6.54 Å². The molecule has 0 atom stereocenters. The summed E-state index contributed by atoms with van der Waals surface area (Å²) >= 11 is 4.98. The minimum Gasteiger partial charge on any atom is -0.322 e. The number of rotatable bonds is 5. The summed E-state index contributed by atoms with van der Waals surface area (Å²) < 4.78 is 14.4. The van der Waals surface area contributed by atoms with Crippen LogP contribution in [0.25, 0.3) is 0 Å². The third kappa shape index (κ3) is 4.41. The van der Waals surface area contributed by atoms with Crippen LogP contribution < -0.4 is 10.6 Å². The lowest BCUT2D eigenvalue weighted by atomic mass is 10.3. The summed E-state index contributed by atoms with van der Waals surface area (Å²) in [4.78, 5) is 12.7. The third-order valence-corrected chi connectivity index (χ3v) is 3.99. The smallest absolute Gasteiger partial charge is 0.238 e. The van der Waals surface area contributed by atoms with Gasteiger partial charge in [0.25, 0.3) is 0 Å². The van der Waals surface area contributed by atoms with E-state index in [1.807, 2.05) is 12.1 Å². The molecule has 6 heteroatoms. The van der Waals surface area contributed by atoms with Crippen LogP contribution in [-0.4, -0.2) is 12.5 Å². The van der Waals surface area contributed by atoms with E-state index in [1.165, 1.54) is 12.1 Å². The van der Waals surface area contributed by atoms with Crippen LogP contribution in [0.1, 0.15) is 4.88 Å². The van der Waals surface area contributed by atoms with Crippen LogP contribution in [0.3, 0.4) is 0 Å². The van der Waals surface area contributed by atoms with Gasteiger partial charge in [0.05, 0.1) is 16.0 Å². The molecular weight excluding hydrogens is 331 g/mol. The number of amides is 1. The molecular formula is C13H12BrFN2OS. The second kappa shape index (κ2) is 6.79. The van der Waals surface area contributed by atoms with Gasteiger partial charge in [-0.2, -0.15) is 0 Å². The summed E-state index contributed by atoms with van der Waals surface area (Å²) in [5.41, 5.74) is 0.202. The van der Waals surface area contributed by atoms with Crippen LogP contribution in [0, 0.1) is 5.82 Å². The van der Waals surface area contributed by atoms with Crippen molar-refractivity contribution in [3.05, 3.63) is 50.9 Å². The molecule has 1 heterocycles. The molecule has 0 bridgehead atoms. The molecule has 2 N–H and O–H groups in total.